The topological polar surface area (TPSA) is 52.6 Å². The molecule has 4 heteroatoms. The molecular weight excluding hydrogens is 220 g/mol. The van der Waals surface area contributed by atoms with Crippen LogP contribution in [0.25, 0.3) is 0 Å². The minimum atomic E-state index is -0.197. The summed E-state index contributed by atoms with van der Waals surface area (Å²) in [6.07, 6.45) is 0. The summed E-state index contributed by atoms with van der Waals surface area (Å²) >= 11 is 0. The number of hydrogen-bond acceptors (Lipinski definition) is 4. The van der Waals surface area contributed by atoms with Gasteiger partial charge in [-0.1, -0.05) is 6.92 Å². The van der Waals surface area contributed by atoms with Crippen molar-refractivity contribution in [3.63, 3.8) is 0 Å². The monoisotopic (exact) mass is 234 g/mol. The minimum absolute atomic E-state index is 0.0272. The van der Waals surface area contributed by atoms with E-state index in [0.717, 1.165) is 0 Å². The lowest BCUT2D eigenvalue weighted by atomic mass is 8.88. The number of methoxy groups -OCH3 is 2. The van der Waals surface area contributed by atoms with E-state index >= 15 is 0 Å². The lowest BCUT2D eigenvalue weighted by molar-refractivity contribution is -0.668. The first-order valence-electron chi connectivity index (χ1n) is 6.24. The standard InChI is InChI=1S/C13H14O4/c1-11-7-5-4-6(13(5,11)10(15)17-3)8(11)12(4,7)9(14)16-2/h4-8H,1-3H3. The van der Waals surface area contributed by atoms with Gasteiger partial charge >= 0.3 is 11.9 Å². The summed E-state index contributed by atoms with van der Waals surface area (Å²) in [7, 11) is 2.95. The molecule has 0 aromatic heterocycles. The molecule has 17 heavy (non-hydrogen) atoms. The average molecular weight is 234 g/mol. The molecule has 0 radical (unpaired) electrons. The molecule has 0 N–H and O–H groups in total. The van der Waals surface area contributed by atoms with Gasteiger partial charge in [0.25, 0.3) is 0 Å². The molecule has 0 saturated heterocycles. The Kier molecular flexibility index (Phi) is 0.958. The second kappa shape index (κ2) is 1.82. The number of ether oxygens (including phenoxy) is 2. The fraction of sp³-hybridized carbons (Fsp3) is 0.846. The Morgan fingerprint density at radius 1 is 0.941 bits per heavy atom. The van der Waals surface area contributed by atoms with Crippen LogP contribution in [0.2, 0.25) is 0 Å². The first-order chi connectivity index (χ1) is 8.07. The van der Waals surface area contributed by atoms with E-state index in [1.165, 1.54) is 14.2 Å². The van der Waals surface area contributed by atoms with Crippen LogP contribution in [0, 0.1) is 45.8 Å². The highest BCUT2D eigenvalue weighted by atomic mass is 16.5. The Morgan fingerprint density at radius 2 is 1.47 bits per heavy atom. The minimum Gasteiger partial charge on any atom is -0.469 e. The van der Waals surface area contributed by atoms with Crippen LogP contribution in [0.4, 0.5) is 0 Å². The van der Waals surface area contributed by atoms with Crippen molar-refractivity contribution in [2.45, 2.75) is 6.92 Å². The van der Waals surface area contributed by atoms with Gasteiger partial charge in [-0.15, -0.1) is 0 Å². The van der Waals surface area contributed by atoms with Gasteiger partial charge in [-0.2, -0.15) is 0 Å². The molecule has 0 aliphatic heterocycles. The SMILES string of the molecule is COC(=O)C12C3C4C1C1(C)C2C3C41C(=O)OC. The van der Waals surface area contributed by atoms with Gasteiger partial charge in [0.05, 0.1) is 25.0 Å². The van der Waals surface area contributed by atoms with Gasteiger partial charge in [-0.25, -0.2) is 0 Å². The summed E-state index contributed by atoms with van der Waals surface area (Å²) in [5.41, 5.74) is -0.315. The van der Waals surface area contributed by atoms with E-state index in [1.54, 1.807) is 0 Å². The highest BCUT2D eigenvalue weighted by Gasteiger charge is 3.17. The van der Waals surface area contributed by atoms with E-state index in [0.29, 0.717) is 29.6 Å². The summed E-state index contributed by atoms with van der Waals surface area (Å²) in [4.78, 5) is 23.9. The largest absolute Gasteiger partial charge is 0.469 e. The molecule has 0 amide bonds. The number of carbonyl (C=O) groups is 2. The van der Waals surface area contributed by atoms with Crippen molar-refractivity contribution >= 4 is 11.9 Å². The molecule has 90 valence electrons. The lowest BCUT2D eigenvalue weighted by Crippen LogP contribution is -3.15. The molecule has 6 saturated carbocycles. The molecule has 0 aromatic rings. The molecule has 6 fully saturated rings. The second-order valence-corrected chi connectivity index (χ2v) is 6.60. The van der Waals surface area contributed by atoms with Crippen LogP contribution in [0.15, 0.2) is 0 Å². The van der Waals surface area contributed by atoms with Crippen LogP contribution in [0.5, 0.6) is 0 Å². The number of esters is 2. The Balaban J connectivity index is 1.59. The van der Waals surface area contributed by atoms with Crippen molar-refractivity contribution in [2.24, 2.45) is 45.8 Å². The smallest absolute Gasteiger partial charge is 0.312 e. The van der Waals surface area contributed by atoms with Crippen LogP contribution in [0.1, 0.15) is 6.92 Å². The fourth-order valence-electron chi connectivity index (χ4n) is 7.50. The van der Waals surface area contributed by atoms with E-state index in [1.807, 2.05) is 0 Å². The molecule has 4 nitrogen and oxygen atoms in total. The molecule has 6 aliphatic rings. The predicted octanol–water partition coefficient (Wildman–Crippen LogP) is 0.460. The predicted molar refractivity (Wildman–Crippen MR) is 54.5 cm³/mol. The van der Waals surface area contributed by atoms with Gasteiger partial charge < -0.3 is 9.47 Å². The summed E-state index contributed by atoms with van der Waals surface area (Å²) in [6.45, 7) is 2.17. The van der Waals surface area contributed by atoms with Crippen molar-refractivity contribution in [1.82, 2.24) is 0 Å². The van der Waals surface area contributed by atoms with Gasteiger partial charge in [-0.05, 0) is 35.0 Å². The highest BCUT2D eigenvalue weighted by Crippen LogP contribution is 3.14. The fourth-order valence-corrected chi connectivity index (χ4v) is 7.50. The molecule has 4 atom stereocenters. The van der Waals surface area contributed by atoms with Crippen LogP contribution in [-0.2, 0) is 19.1 Å². The first kappa shape index (κ1) is 8.95. The van der Waals surface area contributed by atoms with Crippen LogP contribution in [0.3, 0.4) is 0 Å². The summed E-state index contributed by atoms with van der Waals surface area (Å²) < 4.78 is 9.96. The van der Waals surface area contributed by atoms with E-state index in [4.69, 9.17) is 9.47 Å². The second-order valence-electron chi connectivity index (χ2n) is 6.60. The van der Waals surface area contributed by atoms with Gasteiger partial charge in [-0.3, -0.25) is 9.59 Å². The van der Waals surface area contributed by atoms with Crippen LogP contribution >= 0.6 is 0 Å². The average Bonchev–Trinajstić information content (AvgIpc) is 2.35. The van der Waals surface area contributed by atoms with Crippen molar-refractivity contribution in [2.75, 3.05) is 14.2 Å². The summed E-state index contributed by atoms with van der Waals surface area (Å²) in [5.74, 6) is 2.04. The van der Waals surface area contributed by atoms with Crippen molar-refractivity contribution in [1.29, 1.82) is 0 Å². The van der Waals surface area contributed by atoms with Gasteiger partial charge in [0.1, 0.15) is 0 Å². The van der Waals surface area contributed by atoms with E-state index < -0.39 is 0 Å². The molecule has 6 rings (SSSR count). The van der Waals surface area contributed by atoms with E-state index in [9.17, 15) is 9.59 Å². The summed E-state index contributed by atoms with van der Waals surface area (Å²) in [6, 6.07) is 0. The van der Waals surface area contributed by atoms with E-state index in [2.05, 4.69) is 6.92 Å². The van der Waals surface area contributed by atoms with Crippen molar-refractivity contribution < 1.29 is 19.1 Å². The zero-order valence-corrected chi connectivity index (χ0v) is 10.0. The van der Waals surface area contributed by atoms with Gasteiger partial charge in [0.2, 0.25) is 0 Å². The maximum Gasteiger partial charge on any atom is 0.312 e. The highest BCUT2D eigenvalue weighted by molar-refractivity contribution is 5.98. The zero-order valence-electron chi connectivity index (χ0n) is 10.0. The third-order valence-electron chi connectivity index (χ3n) is 7.37. The molecule has 0 heterocycles. The van der Waals surface area contributed by atoms with Gasteiger partial charge in [0, 0.05) is 0 Å². The summed E-state index contributed by atoms with van der Waals surface area (Å²) in [5, 5.41) is 0. The van der Waals surface area contributed by atoms with Crippen LogP contribution in [-0.4, -0.2) is 26.2 Å². The third-order valence-corrected chi connectivity index (χ3v) is 7.37. The Labute approximate surface area is 98.6 Å². The normalized spacial score (nSPS) is 69.5. The molecule has 0 aromatic carbocycles. The number of rotatable bonds is 2. The van der Waals surface area contributed by atoms with Crippen LogP contribution < -0.4 is 0 Å². The number of hydrogen-bond donors (Lipinski definition) is 0. The molecular formula is C13H14O4. The Morgan fingerprint density at radius 3 is 1.88 bits per heavy atom. The molecule has 0 spiro atoms. The Bertz CT molecular complexity index is 502. The maximum absolute atomic E-state index is 12.0. The number of carbonyl (C=O) groups excluding carboxylic acids is 2. The first-order valence-corrected chi connectivity index (χ1v) is 6.24. The molecule has 6 aliphatic carbocycles. The molecule has 0 bridgehead atoms. The zero-order chi connectivity index (χ0) is 12.0. The molecule has 4 unspecified atom stereocenters. The third kappa shape index (κ3) is 0.373. The van der Waals surface area contributed by atoms with Gasteiger partial charge in [0.15, 0.2) is 0 Å². The maximum atomic E-state index is 12.0. The van der Waals surface area contributed by atoms with Crippen molar-refractivity contribution in [3.05, 3.63) is 0 Å². The van der Waals surface area contributed by atoms with E-state index in [-0.39, 0.29) is 28.2 Å². The quantitative estimate of drug-likeness (QED) is 0.651. The Hall–Kier alpha value is -1.06. The lowest BCUT2D eigenvalue weighted by Gasteiger charge is -3.12. The van der Waals surface area contributed by atoms with Crippen molar-refractivity contribution in [3.8, 4) is 0 Å².